The zero-order valence-electron chi connectivity index (χ0n) is 22.4. The van der Waals surface area contributed by atoms with Crippen molar-refractivity contribution in [1.29, 1.82) is 0 Å². The van der Waals surface area contributed by atoms with Crippen LogP contribution in [0.5, 0.6) is 0 Å². The monoisotopic (exact) mass is 727 g/mol. The van der Waals surface area contributed by atoms with Crippen LogP contribution in [0.4, 0.5) is 0 Å². The number of aliphatic hydroxyl groups excluding tert-OH is 1. The standard InChI is InChI=1S/C28H20NS2.C5H8O2.Ir/c1-16-9-11-21-22-14-17(2)26(18(3)27(22)30-24(21)13-16)25-15-20-10-12-23(29-28(20)31-25)19-7-5-4-6-8-19;1-4(6)3-5(2)7;/h4-7,9-15H,1-3H3;3,6H,1-2H3;/q-1;;/b;4-3-;. The molecule has 6 rings (SSSR count). The second-order valence-electron chi connectivity index (χ2n) is 9.55. The van der Waals surface area contributed by atoms with Crippen LogP contribution in [0.3, 0.4) is 0 Å². The van der Waals surface area contributed by atoms with Crippen molar-refractivity contribution in [3.8, 4) is 21.7 Å². The molecule has 6 aromatic rings. The van der Waals surface area contributed by atoms with Crippen LogP contribution >= 0.6 is 22.7 Å². The Bertz CT molecular complexity index is 1840. The van der Waals surface area contributed by atoms with Gasteiger partial charge in [0.05, 0.1) is 5.76 Å². The number of thiophene rings is 2. The Morgan fingerprint density at radius 1 is 0.949 bits per heavy atom. The second kappa shape index (κ2) is 11.9. The van der Waals surface area contributed by atoms with Crippen molar-refractivity contribution in [3.63, 3.8) is 0 Å². The third kappa shape index (κ3) is 6.05. The van der Waals surface area contributed by atoms with E-state index >= 15 is 0 Å². The van der Waals surface area contributed by atoms with E-state index in [1.165, 1.54) is 72.6 Å². The number of allylic oxidation sites excluding steroid dienone is 2. The molecule has 0 unspecified atom stereocenters. The van der Waals surface area contributed by atoms with Crippen LogP contribution in [-0.4, -0.2) is 15.9 Å². The molecule has 1 N–H and O–H groups in total. The van der Waals surface area contributed by atoms with E-state index in [1.807, 2.05) is 29.5 Å². The molecule has 3 aromatic heterocycles. The van der Waals surface area contributed by atoms with Crippen molar-refractivity contribution in [2.45, 2.75) is 34.6 Å². The van der Waals surface area contributed by atoms with Crippen molar-refractivity contribution >= 4 is 58.8 Å². The number of hydrogen-bond donors (Lipinski definition) is 1. The zero-order valence-corrected chi connectivity index (χ0v) is 26.4. The Morgan fingerprint density at radius 2 is 1.74 bits per heavy atom. The van der Waals surface area contributed by atoms with Gasteiger partial charge in [-0.1, -0.05) is 24.3 Å². The van der Waals surface area contributed by atoms with Crippen molar-refractivity contribution in [2.75, 3.05) is 0 Å². The maximum Gasteiger partial charge on any atom is 0.155 e. The first-order chi connectivity index (χ1) is 18.2. The van der Waals surface area contributed by atoms with Gasteiger partial charge in [-0.25, -0.2) is 0 Å². The SMILES string of the molecule is CC(=O)/C=C(/C)O.Cc1ccc2c(c1)sc1c(C)c(-c3cc4ccc(-c5[c-]cccc5)nc4s3)c(C)cc12.[Ir]. The molecule has 1 radical (unpaired) electrons. The average Bonchev–Trinajstić information content (AvgIpc) is 3.44. The molecule has 0 saturated carbocycles. The maximum absolute atomic E-state index is 10.0. The zero-order chi connectivity index (χ0) is 27.0. The minimum absolute atomic E-state index is 0. The van der Waals surface area contributed by atoms with Crippen LogP contribution < -0.4 is 0 Å². The predicted octanol–water partition coefficient (Wildman–Crippen LogP) is 9.76. The number of carbonyl (C=O) groups excluding carboxylic acids is 1. The van der Waals surface area contributed by atoms with Gasteiger partial charge in [0.15, 0.2) is 5.78 Å². The molecule has 0 atom stereocenters. The topological polar surface area (TPSA) is 50.2 Å². The molecular formula is C33H28IrNO2S2-. The fourth-order valence-electron chi connectivity index (χ4n) is 4.76. The van der Waals surface area contributed by atoms with Crippen molar-refractivity contribution in [2.24, 2.45) is 0 Å². The van der Waals surface area contributed by atoms with Crippen molar-refractivity contribution in [1.82, 2.24) is 4.98 Å². The smallest absolute Gasteiger partial charge is 0.155 e. The number of benzene rings is 3. The first-order valence-corrected chi connectivity index (χ1v) is 14.0. The van der Waals surface area contributed by atoms with E-state index in [9.17, 15) is 4.79 Å². The van der Waals surface area contributed by atoms with E-state index < -0.39 is 0 Å². The third-order valence-electron chi connectivity index (χ3n) is 6.38. The summed E-state index contributed by atoms with van der Waals surface area (Å²) in [6.45, 7) is 9.52. The average molecular weight is 727 g/mol. The van der Waals surface area contributed by atoms with E-state index in [0.717, 1.165) is 16.1 Å². The first kappa shape index (κ1) is 28.8. The number of aryl methyl sites for hydroxylation is 3. The largest absolute Gasteiger partial charge is 0.512 e. The van der Waals surface area contributed by atoms with Gasteiger partial charge in [-0.05, 0) is 80.8 Å². The fourth-order valence-corrected chi connectivity index (χ4v) is 7.25. The van der Waals surface area contributed by atoms with Crippen molar-refractivity contribution in [3.05, 3.63) is 101 Å². The van der Waals surface area contributed by atoms with E-state index in [1.54, 1.807) is 11.3 Å². The van der Waals surface area contributed by atoms with Crippen molar-refractivity contribution < 1.29 is 30.0 Å². The van der Waals surface area contributed by atoms with Crippen LogP contribution in [0, 0.1) is 26.8 Å². The predicted molar refractivity (Wildman–Crippen MR) is 163 cm³/mol. The molecule has 0 bridgehead atoms. The van der Waals surface area contributed by atoms with Gasteiger partial charge in [-0.2, -0.15) is 0 Å². The van der Waals surface area contributed by atoms with Crippen LogP contribution in [0.1, 0.15) is 30.5 Å². The molecule has 39 heavy (non-hydrogen) atoms. The number of fused-ring (bicyclic) bond motifs is 4. The molecule has 3 aromatic carbocycles. The molecule has 6 heteroatoms. The summed E-state index contributed by atoms with van der Waals surface area (Å²) in [5, 5.41) is 12.3. The van der Waals surface area contributed by atoms with Gasteiger partial charge in [0.25, 0.3) is 0 Å². The molecule has 3 heterocycles. The summed E-state index contributed by atoms with van der Waals surface area (Å²) >= 11 is 3.70. The molecule has 0 amide bonds. The number of hydrogen-bond acceptors (Lipinski definition) is 5. The fraction of sp³-hybridized carbons (Fsp3) is 0.152. The molecule has 0 aliphatic rings. The molecule has 3 nitrogen and oxygen atoms in total. The number of carbonyl (C=O) groups is 1. The normalized spacial score (nSPS) is 11.4. The summed E-state index contributed by atoms with van der Waals surface area (Å²) in [5.74, 6) is -0.0625. The molecular weight excluding hydrogens is 699 g/mol. The number of aromatic nitrogens is 1. The van der Waals surface area contributed by atoms with Gasteiger partial charge in [0, 0.05) is 56.6 Å². The minimum Gasteiger partial charge on any atom is -0.512 e. The van der Waals surface area contributed by atoms with Crippen LogP contribution in [0.15, 0.2) is 78.6 Å². The van der Waals surface area contributed by atoms with E-state index in [-0.39, 0.29) is 31.6 Å². The van der Waals surface area contributed by atoms with E-state index in [0.29, 0.717) is 0 Å². The molecule has 0 aliphatic carbocycles. The number of rotatable bonds is 3. The molecule has 0 fully saturated rings. The first-order valence-electron chi connectivity index (χ1n) is 12.4. The summed E-state index contributed by atoms with van der Waals surface area (Å²) in [5.41, 5.74) is 7.38. The molecule has 199 valence electrons. The van der Waals surface area contributed by atoms with Gasteiger partial charge in [0.2, 0.25) is 0 Å². The maximum atomic E-state index is 10.0. The summed E-state index contributed by atoms with van der Waals surface area (Å²) in [7, 11) is 0. The summed E-state index contributed by atoms with van der Waals surface area (Å²) < 4.78 is 2.77. The Kier molecular flexibility index (Phi) is 8.83. The number of ketones is 1. The summed E-state index contributed by atoms with van der Waals surface area (Å²) in [6, 6.07) is 27.1. The van der Waals surface area contributed by atoms with E-state index in [2.05, 4.69) is 75.4 Å². The van der Waals surface area contributed by atoms with E-state index in [4.69, 9.17) is 10.1 Å². The van der Waals surface area contributed by atoms with Crippen LogP contribution in [-0.2, 0) is 24.9 Å². The Balaban J connectivity index is 0.000000394. The Hall–Kier alpha value is -3.15. The van der Waals surface area contributed by atoms with Crippen LogP contribution in [0.25, 0.3) is 52.1 Å². The molecule has 0 aliphatic heterocycles. The number of aliphatic hydroxyl groups is 1. The van der Waals surface area contributed by atoms with Crippen LogP contribution in [0.2, 0.25) is 0 Å². The molecule has 0 spiro atoms. The van der Waals surface area contributed by atoms with Gasteiger partial charge < -0.3 is 5.11 Å². The number of pyridine rings is 1. The summed E-state index contributed by atoms with van der Waals surface area (Å²) in [6.07, 6.45) is 1.17. The number of nitrogens with zero attached hydrogens (tertiary/aromatic N) is 1. The third-order valence-corrected chi connectivity index (χ3v) is 8.73. The van der Waals surface area contributed by atoms with Gasteiger partial charge in [-0.3, -0.25) is 9.78 Å². The minimum atomic E-state index is -0.125. The Labute approximate surface area is 250 Å². The van der Waals surface area contributed by atoms with Gasteiger partial charge in [-0.15, -0.1) is 58.6 Å². The van der Waals surface area contributed by atoms with Gasteiger partial charge >= 0.3 is 0 Å². The quantitative estimate of drug-likeness (QED) is 0.112. The van der Waals surface area contributed by atoms with Gasteiger partial charge in [0.1, 0.15) is 4.83 Å². The summed E-state index contributed by atoms with van der Waals surface area (Å²) in [4.78, 5) is 17.3. The molecule has 0 saturated heterocycles. The Morgan fingerprint density at radius 3 is 2.41 bits per heavy atom. The second-order valence-corrected chi connectivity index (χ2v) is 11.6.